The molecule has 0 bridgehead atoms. The number of rotatable bonds is 6. The van der Waals surface area contributed by atoms with Gasteiger partial charge in [0.15, 0.2) is 5.69 Å². The van der Waals surface area contributed by atoms with Crippen molar-refractivity contribution in [2.75, 3.05) is 23.9 Å². The maximum atomic E-state index is 11.1. The first-order valence-corrected chi connectivity index (χ1v) is 7.87. The van der Waals surface area contributed by atoms with Gasteiger partial charge in [0.1, 0.15) is 5.82 Å². The van der Waals surface area contributed by atoms with Crippen LogP contribution >= 0.6 is 11.8 Å². The van der Waals surface area contributed by atoms with Gasteiger partial charge in [-0.3, -0.25) is 0 Å². The number of anilines is 1. The van der Waals surface area contributed by atoms with E-state index in [4.69, 9.17) is 5.11 Å². The van der Waals surface area contributed by atoms with E-state index in [0.717, 1.165) is 23.1 Å². The molecule has 106 valence electrons. The van der Waals surface area contributed by atoms with Crippen LogP contribution in [0.1, 0.15) is 17.4 Å². The summed E-state index contributed by atoms with van der Waals surface area (Å²) in [6.45, 7) is 2.94. The van der Waals surface area contributed by atoms with Gasteiger partial charge in [0.05, 0.1) is 0 Å². The van der Waals surface area contributed by atoms with Crippen molar-refractivity contribution in [2.45, 2.75) is 6.92 Å². The lowest BCUT2D eigenvalue weighted by Gasteiger charge is -2.14. The monoisotopic (exact) mass is 290 g/mol. The number of hydrogen-bond acceptors (Lipinski definition) is 4. The van der Waals surface area contributed by atoms with Crippen LogP contribution in [0.15, 0.2) is 30.3 Å². The number of fused-ring (bicyclic) bond motifs is 1. The van der Waals surface area contributed by atoms with Crippen molar-refractivity contribution in [3.63, 3.8) is 0 Å². The number of carboxylic acids is 1. The van der Waals surface area contributed by atoms with Crippen LogP contribution in [0.3, 0.4) is 0 Å². The number of nitrogens with zero attached hydrogens (tertiary/aromatic N) is 1. The predicted molar refractivity (Wildman–Crippen MR) is 84.7 cm³/mol. The summed E-state index contributed by atoms with van der Waals surface area (Å²) in [5.74, 6) is 1.20. The Labute approximate surface area is 122 Å². The van der Waals surface area contributed by atoms with E-state index in [9.17, 15) is 4.79 Å². The molecular weight excluding hydrogens is 272 g/mol. The maximum Gasteiger partial charge on any atom is 0.354 e. The Morgan fingerprint density at radius 1 is 1.45 bits per heavy atom. The summed E-state index contributed by atoms with van der Waals surface area (Å²) in [6, 6.07) is 9.29. The van der Waals surface area contributed by atoms with Gasteiger partial charge in [-0.25, -0.2) is 9.78 Å². The first-order valence-electron chi connectivity index (χ1n) is 6.47. The number of aromatic nitrogens is 1. The highest BCUT2D eigenvalue weighted by Crippen LogP contribution is 2.23. The molecule has 20 heavy (non-hydrogen) atoms. The highest BCUT2D eigenvalue weighted by molar-refractivity contribution is 7.98. The molecule has 0 aliphatic heterocycles. The molecule has 0 fully saturated rings. The molecule has 0 aliphatic carbocycles. The Kier molecular flexibility index (Phi) is 4.84. The van der Waals surface area contributed by atoms with Crippen LogP contribution in [0.5, 0.6) is 0 Å². The van der Waals surface area contributed by atoms with E-state index in [0.29, 0.717) is 11.7 Å². The lowest BCUT2D eigenvalue weighted by Crippen LogP contribution is -2.15. The fourth-order valence-corrected chi connectivity index (χ4v) is 2.74. The number of nitrogens with one attached hydrogen (secondary N) is 1. The summed E-state index contributed by atoms with van der Waals surface area (Å²) in [7, 11) is 0. The van der Waals surface area contributed by atoms with Crippen molar-refractivity contribution in [1.29, 1.82) is 0 Å². The molecule has 1 aromatic heterocycles. The van der Waals surface area contributed by atoms with E-state index in [1.165, 1.54) is 0 Å². The second kappa shape index (κ2) is 6.61. The van der Waals surface area contributed by atoms with Crippen molar-refractivity contribution >= 4 is 34.3 Å². The molecule has 2 rings (SSSR count). The van der Waals surface area contributed by atoms with Crippen LogP contribution in [0.25, 0.3) is 10.8 Å². The molecule has 1 unspecified atom stereocenters. The number of thioether (sulfide) groups is 1. The Morgan fingerprint density at radius 2 is 2.20 bits per heavy atom. The number of aromatic carboxylic acids is 1. The largest absolute Gasteiger partial charge is 0.477 e. The van der Waals surface area contributed by atoms with E-state index in [-0.39, 0.29) is 5.69 Å². The van der Waals surface area contributed by atoms with Gasteiger partial charge in [0, 0.05) is 11.9 Å². The Balaban J connectivity index is 2.32. The van der Waals surface area contributed by atoms with Crippen LogP contribution in [0, 0.1) is 5.92 Å². The van der Waals surface area contributed by atoms with Crippen molar-refractivity contribution < 1.29 is 9.90 Å². The van der Waals surface area contributed by atoms with E-state index >= 15 is 0 Å². The van der Waals surface area contributed by atoms with Gasteiger partial charge in [0.2, 0.25) is 0 Å². The Hall–Kier alpha value is -1.75. The molecule has 2 aromatic rings. The molecule has 5 heteroatoms. The second-order valence-electron chi connectivity index (χ2n) is 4.82. The number of hydrogen-bond donors (Lipinski definition) is 2. The van der Waals surface area contributed by atoms with Gasteiger partial charge in [-0.1, -0.05) is 31.2 Å². The van der Waals surface area contributed by atoms with Gasteiger partial charge in [-0.05, 0) is 29.4 Å². The minimum Gasteiger partial charge on any atom is -0.477 e. The molecule has 1 heterocycles. The molecule has 0 aliphatic rings. The third-order valence-corrected chi connectivity index (χ3v) is 3.93. The topological polar surface area (TPSA) is 62.2 Å². The SMILES string of the molecule is CSCC(C)CNc1nc(C(=O)O)cc2ccccc12. The lowest BCUT2D eigenvalue weighted by molar-refractivity contribution is 0.0691. The molecule has 1 aromatic carbocycles. The Bertz CT molecular complexity index is 616. The zero-order chi connectivity index (χ0) is 14.5. The van der Waals surface area contributed by atoms with Crippen LogP contribution in [0.2, 0.25) is 0 Å². The molecule has 0 amide bonds. The lowest BCUT2D eigenvalue weighted by atomic mass is 10.1. The predicted octanol–water partition coefficient (Wildman–Crippen LogP) is 3.34. The highest BCUT2D eigenvalue weighted by Gasteiger charge is 2.11. The van der Waals surface area contributed by atoms with E-state index in [1.807, 2.05) is 24.3 Å². The summed E-state index contributed by atoms with van der Waals surface area (Å²) in [5.41, 5.74) is 0.0729. The third-order valence-electron chi connectivity index (χ3n) is 3.03. The average molecular weight is 290 g/mol. The minimum absolute atomic E-state index is 0.0729. The van der Waals surface area contributed by atoms with Gasteiger partial charge in [-0.2, -0.15) is 11.8 Å². The second-order valence-corrected chi connectivity index (χ2v) is 5.73. The van der Waals surface area contributed by atoms with Crippen molar-refractivity contribution in [2.24, 2.45) is 5.92 Å². The van der Waals surface area contributed by atoms with Crippen LogP contribution in [-0.4, -0.2) is 34.6 Å². The first kappa shape index (κ1) is 14.7. The van der Waals surface area contributed by atoms with Gasteiger partial charge >= 0.3 is 5.97 Å². The standard InChI is InChI=1S/C15H18N2O2S/c1-10(9-20-2)8-16-14-12-6-4-3-5-11(12)7-13(17-14)15(18)19/h3-7,10H,8-9H2,1-2H3,(H,16,17)(H,18,19). The van der Waals surface area contributed by atoms with Gasteiger partial charge < -0.3 is 10.4 Å². The zero-order valence-corrected chi connectivity index (χ0v) is 12.4. The number of benzene rings is 1. The molecular formula is C15H18N2O2S. The number of carboxylic acid groups (broad SMARTS) is 1. The molecule has 2 N–H and O–H groups in total. The number of pyridine rings is 1. The van der Waals surface area contributed by atoms with Gasteiger partial charge in [0.25, 0.3) is 0 Å². The molecule has 0 saturated carbocycles. The smallest absolute Gasteiger partial charge is 0.354 e. The third kappa shape index (κ3) is 3.42. The van der Waals surface area contributed by atoms with Crippen LogP contribution in [-0.2, 0) is 0 Å². The quantitative estimate of drug-likeness (QED) is 0.854. The molecule has 0 radical (unpaired) electrons. The first-order chi connectivity index (χ1) is 9.61. The maximum absolute atomic E-state index is 11.1. The normalized spacial score (nSPS) is 12.3. The Morgan fingerprint density at radius 3 is 2.90 bits per heavy atom. The summed E-state index contributed by atoms with van der Waals surface area (Å²) >= 11 is 1.80. The summed E-state index contributed by atoms with van der Waals surface area (Å²) in [6.07, 6.45) is 2.08. The van der Waals surface area contributed by atoms with Crippen LogP contribution < -0.4 is 5.32 Å². The molecule has 0 spiro atoms. The minimum atomic E-state index is -1.00. The summed E-state index contributed by atoms with van der Waals surface area (Å²) in [4.78, 5) is 15.4. The molecule has 0 saturated heterocycles. The van der Waals surface area contributed by atoms with Crippen molar-refractivity contribution in [3.05, 3.63) is 36.0 Å². The van der Waals surface area contributed by atoms with E-state index < -0.39 is 5.97 Å². The van der Waals surface area contributed by atoms with Gasteiger partial charge in [-0.15, -0.1) is 0 Å². The van der Waals surface area contributed by atoms with Crippen molar-refractivity contribution in [1.82, 2.24) is 4.98 Å². The fraction of sp³-hybridized carbons (Fsp3) is 0.333. The molecule has 4 nitrogen and oxygen atoms in total. The summed E-state index contributed by atoms with van der Waals surface area (Å²) in [5, 5.41) is 14.3. The number of carbonyl (C=O) groups is 1. The fourth-order valence-electron chi connectivity index (χ4n) is 2.06. The average Bonchev–Trinajstić information content (AvgIpc) is 2.44. The van der Waals surface area contributed by atoms with E-state index in [1.54, 1.807) is 17.8 Å². The van der Waals surface area contributed by atoms with E-state index in [2.05, 4.69) is 23.5 Å². The molecule has 1 atom stereocenters. The van der Waals surface area contributed by atoms with Crippen molar-refractivity contribution in [3.8, 4) is 0 Å². The highest BCUT2D eigenvalue weighted by atomic mass is 32.2. The summed E-state index contributed by atoms with van der Waals surface area (Å²) < 4.78 is 0. The zero-order valence-electron chi connectivity index (χ0n) is 11.6. The van der Waals surface area contributed by atoms with Crippen LogP contribution in [0.4, 0.5) is 5.82 Å².